The van der Waals surface area contributed by atoms with Crippen molar-refractivity contribution in [3.8, 4) is 0 Å². The van der Waals surface area contributed by atoms with E-state index >= 15 is 0 Å². The van der Waals surface area contributed by atoms with Crippen LogP contribution in [-0.2, 0) is 24.3 Å². The summed E-state index contributed by atoms with van der Waals surface area (Å²) in [4.78, 5) is 37.2. The summed E-state index contributed by atoms with van der Waals surface area (Å²) < 4.78 is 38.9. The van der Waals surface area contributed by atoms with Crippen LogP contribution in [0.1, 0.15) is 34.6 Å². The van der Waals surface area contributed by atoms with Gasteiger partial charge in [-0.05, 0) is 43.7 Å². The second-order valence-corrected chi connectivity index (χ2v) is 8.32. The summed E-state index contributed by atoms with van der Waals surface area (Å²) in [5.41, 5.74) is 0.425. The number of aryl methyl sites for hydroxylation is 1. The van der Waals surface area contributed by atoms with Crippen LogP contribution in [0.2, 0.25) is 0 Å². The van der Waals surface area contributed by atoms with Crippen molar-refractivity contribution in [1.29, 1.82) is 0 Å². The SMILES string of the molecule is CCOC(=O)C1=C(COC(=O)c2cc(S(N)(=O)=O)ccc2C)NC(=O)NC1c1ccco1. The molecule has 0 fully saturated rings. The molecule has 170 valence electrons. The van der Waals surface area contributed by atoms with Gasteiger partial charge in [-0.2, -0.15) is 0 Å². The standard InChI is InChI=1S/C20H21N3O8S/c1-3-29-19(25)16-14(22-20(26)23-17(16)15-5-4-8-30-15)10-31-18(24)13-9-12(32(21,27)28)7-6-11(13)2/h4-9,17H,3,10H2,1-2H3,(H2,21,27,28)(H2,22,23,26). The van der Waals surface area contributed by atoms with E-state index in [1.807, 2.05) is 0 Å². The fourth-order valence-electron chi connectivity index (χ4n) is 3.06. The normalized spacial score (nSPS) is 16.2. The zero-order valence-electron chi connectivity index (χ0n) is 17.2. The highest BCUT2D eigenvalue weighted by Gasteiger charge is 2.35. The van der Waals surface area contributed by atoms with E-state index in [0.717, 1.165) is 6.07 Å². The highest BCUT2D eigenvalue weighted by Crippen LogP contribution is 2.28. The molecule has 3 rings (SSSR count). The Balaban J connectivity index is 1.92. The Kier molecular flexibility index (Phi) is 6.65. The maximum Gasteiger partial charge on any atom is 0.338 e. The average Bonchev–Trinajstić information content (AvgIpc) is 3.26. The minimum atomic E-state index is -4.03. The number of carbonyl (C=O) groups excluding carboxylic acids is 3. The number of hydrogen-bond acceptors (Lipinski definition) is 8. The Hall–Kier alpha value is -3.64. The second kappa shape index (κ2) is 9.24. The van der Waals surface area contributed by atoms with E-state index in [9.17, 15) is 22.8 Å². The third kappa shape index (κ3) is 4.98. The van der Waals surface area contributed by atoms with Crippen molar-refractivity contribution >= 4 is 28.0 Å². The van der Waals surface area contributed by atoms with Gasteiger partial charge < -0.3 is 24.5 Å². The first-order chi connectivity index (χ1) is 15.1. The number of nitrogens with one attached hydrogen (secondary N) is 2. The van der Waals surface area contributed by atoms with Crippen LogP contribution in [0.5, 0.6) is 0 Å². The minimum Gasteiger partial charge on any atom is -0.467 e. The molecule has 1 aliphatic heterocycles. The molecule has 2 amide bonds. The summed E-state index contributed by atoms with van der Waals surface area (Å²) in [7, 11) is -4.03. The molecular formula is C20H21N3O8S. The summed E-state index contributed by atoms with van der Waals surface area (Å²) in [6.07, 6.45) is 1.38. The van der Waals surface area contributed by atoms with Gasteiger partial charge in [0.05, 0.1) is 34.6 Å². The molecule has 0 aliphatic carbocycles. The quantitative estimate of drug-likeness (QED) is 0.516. The lowest BCUT2D eigenvalue weighted by molar-refractivity contribution is -0.139. The maximum absolute atomic E-state index is 12.6. The summed E-state index contributed by atoms with van der Waals surface area (Å²) >= 11 is 0. The topological polar surface area (TPSA) is 167 Å². The molecule has 1 atom stereocenters. The van der Waals surface area contributed by atoms with Gasteiger partial charge in [-0.1, -0.05) is 6.07 Å². The number of sulfonamides is 1. The van der Waals surface area contributed by atoms with Gasteiger partial charge in [0, 0.05) is 0 Å². The van der Waals surface area contributed by atoms with Crippen LogP contribution in [0.25, 0.3) is 0 Å². The third-order valence-corrected chi connectivity index (χ3v) is 5.49. The number of nitrogens with two attached hydrogens (primary N) is 1. The van der Waals surface area contributed by atoms with Crippen molar-refractivity contribution in [3.05, 3.63) is 64.8 Å². The molecule has 0 radical (unpaired) electrons. The van der Waals surface area contributed by atoms with E-state index in [4.69, 9.17) is 19.0 Å². The Morgan fingerprint density at radius 3 is 2.56 bits per heavy atom. The summed E-state index contributed by atoms with van der Waals surface area (Å²) in [6.45, 7) is 2.80. The van der Waals surface area contributed by atoms with Gasteiger partial charge in [-0.3, -0.25) is 0 Å². The first-order valence-corrected chi connectivity index (χ1v) is 11.0. The van der Waals surface area contributed by atoms with Crippen LogP contribution < -0.4 is 15.8 Å². The Labute approximate surface area is 183 Å². The number of esters is 2. The van der Waals surface area contributed by atoms with Gasteiger partial charge in [-0.15, -0.1) is 0 Å². The lowest BCUT2D eigenvalue weighted by Crippen LogP contribution is -2.47. The molecule has 0 saturated heterocycles. The lowest BCUT2D eigenvalue weighted by Gasteiger charge is -2.27. The van der Waals surface area contributed by atoms with Crippen molar-refractivity contribution in [2.75, 3.05) is 13.2 Å². The number of urea groups is 1. The summed E-state index contributed by atoms with van der Waals surface area (Å²) in [5, 5.41) is 10.1. The Morgan fingerprint density at radius 2 is 1.94 bits per heavy atom. The van der Waals surface area contributed by atoms with Crippen LogP contribution in [0.15, 0.2) is 57.2 Å². The van der Waals surface area contributed by atoms with Crippen LogP contribution in [0.4, 0.5) is 4.79 Å². The monoisotopic (exact) mass is 463 g/mol. The predicted molar refractivity (Wildman–Crippen MR) is 110 cm³/mol. The number of furan rings is 1. The maximum atomic E-state index is 12.6. The first kappa shape index (κ1) is 23.0. The molecular weight excluding hydrogens is 442 g/mol. The van der Waals surface area contributed by atoms with Crippen LogP contribution in [0, 0.1) is 6.92 Å². The fraction of sp³-hybridized carbons (Fsp3) is 0.250. The summed E-state index contributed by atoms with van der Waals surface area (Å²) in [5.74, 6) is -1.32. The van der Waals surface area contributed by atoms with Crippen molar-refractivity contribution in [3.63, 3.8) is 0 Å². The van der Waals surface area contributed by atoms with Crippen LogP contribution >= 0.6 is 0 Å². The molecule has 32 heavy (non-hydrogen) atoms. The molecule has 4 N–H and O–H groups in total. The predicted octanol–water partition coefficient (Wildman–Crippen LogP) is 1.26. The molecule has 0 saturated carbocycles. The van der Waals surface area contributed by atoms with Gasteiger partial charge >= 0.3 is 18.0 Å². The smallest absolute Gasteiger partial charge is 0.338 e. The zero-order chi connectivity index (χ0) is 23.5. The molecule has 1 aliphatic rings. The van der Waals surface area contributed by atoms with Gasteiger partial charge in [0.25, 0.3) is 0 Å². The fourth-order valence-corrected chi connectivity index (χ4v) is 3.60. The van der Waals surface area contributed by atoms with Crippen molar-refractivity contribution in [1.82, 2.24) is 10.6 Å². The van der Waals surface area contributed by atoms with Crippen LogP contribution in [0.3, 0.4) is 0 Å². The van der Waals surface area contributed by atoms with Crippen molar-refractivity contribution in [2.24, 2.45) is 5.14 Å². The number of ether oxygens (including phenoxy) is 2. The molecule has 1 unspecified atom stereocenters. The minimum absolute atomic E-state index is 0.00204. The highest BCUT2D eigenvalue weighted by molar-refractivity contribution is 7.89. The summed E-state index contributed by atoms with van der Waals surface area (Å²) in [6, 6.07) is 5.34. The van der Waals surface area contributed by atoms with Crippen molar-refractivity contribution < 1.29 is 36.7 Å². The molecule has 0 bridgehead atoms. The largest absolute Gasteiger partial charge is 0.467 e. The van der Waals surface area contributed by atoms with E-state index in [-0.39, 0.29) is 34.1 Å². The van der Waals surface area contributed by atoms with E-state index in [1.165, 1.54) is 18.4 Å². The molecule has 0 spiro atoms. The molecule has 1 aromatic heterocycles. The molecule has 11 nitrogen and oxygen atoms in total. The lowest BCUT2D eigenvalue weighted by atomic mass is 10.0. The van der Waals surface area contributed by atoms with E-state index < -0.39 is 40.6 Å². The molecule has 12 heteroatoms. The van der Waals surface area contributed by atoms with Gasteiger partial charge in [0.2, 0.25) is 10.0 Å². The van der Waals surface area contributed by atoms with E-state index in [1.54, 1.807) is 26.0 Å². The number of carbonyl (C=O) groups is 3. The second-order valence-electron chi connectivity index (χ2n) is 6.76. The van der Waals surface area contributed by atoms with Crippen molar-refractivity contribution in [2.45, 2.75) is 24.8 Å². The van der Waals surface area contributed by atoms with E-state index in [2.05, 4.69) is 10.6 Å². The number of benzene rings is 1. The Bertz CT molecular complexity index is 1190. The van der Waals surface area contributed by atoms with Gasteiger partial charge in [0.1, 0.15) is 18.4 Å². The molecule has 1 aromatic carbocycles. The third-order valence-electron chi connectivity index (χ3n) is 4.58. The average molecular weight is 463 g/mol. The number of amides is 2. The zero-order valence-corrected chi connectivity index (χ0v) is 18.0. The highest BCUT2D eigenvalue weighted by atomic mass is 32.2. The molecule has 2 aromatic rings. The number of rotatable bonds is 7. The number of hydrogen-bond donors (Lipinski definition) is 3. The first-order valence-electron chi connectivity index (χ1n) is 9.43. The molecule has 2 heterocycles. The Morgan fingerprint density at radius 1 is 1.19 bits per heavy atom. The van der Waals surface area contributed by atoms with Gasteiger partial charge in [0.15, 0.2) is 0 Å². The van der Waals surface area contributed by atoms with Crippen LogP contribution in [-0.4, -0.2) is 39.6 Å². The number of primary sulfonamides is 1. The van der Waals surface area contributed by atoms with E-state index in [0.29, 0.717) is 5.56 Å². The van der Waals surface area contributed by atoms with Gasteiger partial charge in [-0.25, -0.2) is 27.9 Å².